The molecule has 0 bridgehead atoms. The van der Waals surface area contributed by atoms with Crippen molar-refractivity contribution in [3.63, 3.8) is 0 Å². The molecule has 0 aromatic rings. The van der Waals surface area contributed by atoms with E-state index in [1.54, 1.807) is 20.8 Å². The number of fused-ring (bicyclic) bond motifs is 2. The highest BCUT2D eigenvalue weighted by atomic mass is 16.5. The van der Waals surface area contributed by atoms with Gasteiger partial charge in [0.15, 0.2) is 0 Å². The van der Waals surface area contributed by atoms with Crippen LogP contribution in [0.1, 0.15) is 220 Å². The zero-order chi connectivity index (χ0) is 58.1. The molecule has 0 spiro atoms. The molecule has 6 fully saturated rings. The van der Waals surface area contributed by atoms with E-state index in [1.807, 2.05) is 27.7 Å². The molecule has 4 saturated heterocycles. The lowest BCUT2D eigenvalue weighted by Gasteiger charge is -2.39. The molecule has 0 unspecified atom stereocenters. The Kier molecular flexibility index (Phi) is 27.9. The summed E-state index contributed by atoms with van der Waals surface area (Å²) in [5.74, 6) is -2.62. The summed E-state index contributed by atoms with van der Waals surface area (Å²) in [6.45, 7) is 8.87. The molecular formula is C58H98N10O12. The lowest BCUT2D eigenvalue weighted by Crippen LogP contribution is -2.63. The van der Waals surface area contributed by atoms with Crippen LogP contribution in [0.3, 0.4) is 0 Å². The molecular weight excluding hydrogens is 1030 g/mol. The first-order chi connectivity index (χ1) is 38.4. The minimum absolute atomic E-state index is 0.151. The van der Waals surface area contributed by atoms with Crippen LogP contribution < -0.4 is 42.9 Å². The molecule has 2 saturated carbocycles. The van der Waals surface area contributed by atoms with Crippen molar-refractivity contribution in [2.45, 2.75) is 269 Å². The largest absolute Gasteiger partial charge is 0.343 e. The van der Waals surface area contributed by atoms with Gasteiger partial charge in [-0.05, 0) is 114 Å². The normalized spacial score (nSPS) is 27.1. The molecule has 0 aromatic heterocycles. The average molecular weight is 1130 g/mol. The lowest BCUT2D eigenvalue weighted by atomic mass is 9.84. The maximum Gasteiger partial charge on any atom is 0.245 e. The maximum absolute atomic E-state index is 13.8. The Morgan fingerprint density at radius 1 is 0.425 bits per heavy atom. The average Bonchev–Trinajstić information content (AvgIpc) is 3.46. The standard InChI is InChI=1S/2C29H49N5O6/c2*1-19(2)17-23-29(39)34-16-10-9-14-24(34)28(38)30-21(13-7-4-8-15-25(35)33-40)26(36)31-22(27(37)32-23)18-20-11-5-3-6-12-20/h2*19-24,40H,3-18H2,1-2H3,(H,30,38)(H,31,36)(H,32,37)(H,33,35)/t21-,22+,23-,24+;21-,22+,23-,24-/m00/s1. The van der Waals surface area contributed by atoms with Crippen molar-refractivity contribution in [1.82, 2.24) is 52.7 Å². The van der Waals surface area contributed by atoms with E-state index in [0.29, 0.717) is 115 Å². The minimum Gasteiger partial charge on any atom is -0.343 e. The van der Waals surface area contributed by atoms with E-state index in [4.69, 9.17) is 10.4 Å². The Balaban J connectivity index is 0.000000294. The van der Waals surface area contributed by atoms with Crippen LogP contribution >= 0.6 is 0 Å². The van der Waals surface area contributed by atoms with Gasteiger partial charge in [0.25, 0.3) is 0 Å². The second-order valence-corrected chi connectivity index (χ2v) is 24.5. The maximum atomic E-state index is 13.8. The van der Waals surface area contributed by atoms with Crippen molar-refractivity contribution >= 4 is 59.1 Å². The van der Waals surface area contributed by atoms with Gasteiger partial charge in [0.1, 0.15) is 48.3 Å². The van der Waals surface area contributed by atoms with Crippen LogP contribution in [-0.4, -0.2) is 141 Å². The van der Waals surface area contributed by atoms with Crippen molar-refractivity contribution in [3.8, 4) is 0 Å². The second-order valence-electron chi connectivity index (χ2n) is 24.5. The van der Waals surface area contributed by atoms with Crippen molar-refractivity contribution < 1.29 is 58.4 Å². The molecule has 6 aliphatic rings. The number of carbonyl (C=O) groups excluding carboxylic acids is 10. The Morgan fingerprint density at radius 3 is 1.10 bits per heavy atom. The molecule has 6 rings (SSSR count). The molecule has 0 radical (unpaired) electrons. The van der Waals surface area contributed by atoms with E-state index in [2.05, 4.69) is 31.9 Å². The zero-order valence-electron chi connectivity index (χ0n) is 48.4. The van der Waals surface area contributed by atoms with Crippen LogP contribution in [0.15, 0.2) is 0 Å². The fourth-order valence-corrected chi connectivity index (χ4v) is 12.6. The van der Waals surface area contributed by atoms with E-state index in [0.717, 1.165) is 77.0 Å². The van der Waals surface area contributed by atoms with E-state index in [1.165, 1.54) is 12.8 Å². The van der Waals surface area contributed by atoms with Gasteiger partial charge in [-0.2, -0.15) is 0 Å². The molecule has 22 heteroatoms. The van der Waals surface area contributed by atoms with Gasteiger partial charge in [0, 0.05) is 25.9 Å². The van der Waals surface area contributed by atoms with Crippen LogP contribution in [-0.2, 0) is 47.9 Å². The van der Waals surface area contributed by atoms with Gasteiger partial charge in [0.05, 0.1) is 0 Å². The van der Waals surface area contributed by atoms with E-state index >= 15 is 0 Å². The summed E-state index contributed by atoms with van der Waals surface area (Å²) in [4.78, 5) is 135. The van der Waals surface area contributed by atoms with Crippen LogP contribution in [0.4, 0.5) is 0 Å². The van der Waals surface area contributed by atoms with E-state index < -0.39 is 72.0 Å². The first-order valence-electron chi connectivity index (χ1n) is 30.7. The summed E-state index contributed by atoms with van der Waals surface area (Å²) in [5, 5.41) is 35.0. The topological polar surface area (TPSA) is 314 Å². The SMILES string of the molecule is CC(C)C[C@@H]1NC(=O)[C@@H](CC2CCCCC2)NC(=O)[C@H](CCCCCC(=O)NO)NC(=O)[C@@H]2CCCCN2C1=O.CC(C)C[C@@H]1NC(=O)[C@@H](CC2CCCCC2)NC(=O)[C@H](CCCCCC(=O)NO)NC(=O)[C@H]2CCCCN2C1=O. The summed E-state index contributed by atoms with van der Waals surface area (Å²) < 4.78 is 0. The molecule has 2 aliphatic carbocycles. The molecule has 452 valence electrons. The first kappa shape index (κ1) is 65.4. The van der Waals surface area contributed by atoms with Crippen LogP contribution in [0.5, 0.6) is 0 Å². The lowest BCUT2D eigenvalue weighted by molar-refractivity contribution is -0.147. The van der Waals surface area contributed by atoms with Gasteiger partial charge >= 0.3 is 0 Å². The summed E-state index contributed by atoms with van der Waals surface area (Å²) in [5.41, 5.74) is 3.23. The number of carbonyl (C=O) groups is 10. The third-order valence-electron chi connectivity index (χ3n) is 17.0. The first-order valence-corrected chi connectivity index (χ1v) is 30.7. The van der Waals surface area contributed by atoms with E-state index in [9.17, 15) is 47.9 Å². The fourth-order valence-electron chi connectivity index (χ4n) is 12.6. The zero-order valence-corrected chi connectivity index (χ0v) is 48.4. The monoisotopic (exact) mass is 1130 g/mol. The fraction of sp³-hybridized carbons (Fsp3) is 0.828. The number of hydrogen-bond donors (Lipinski definition) is 10. The predicted molar refractivity (Wildman–Crippen MR) is 298 cm³/mol. The van der Waals surface area contributed by atoms with Crippen LogP contribution in [0.2, 0.25) is 0 Å². The molecule has 0 aromatic carbocycles. The Hall–Kier alpha value is -5.38. The predicted octanol–water partition coefficient (Wildman–Crippen LogP) is 4.62. The number of amides is 10. The Morgan fingerprint density at radius 2 is 0.750 bits per heavy atom. The summed E-state index contributed by atoms with van der Waals surface area (Å²) in [6.07, 6.45) is 21.4. The van der Waals surface area contributed by atoms with Crippen LogP contribution in [0.25, 0.3) is 0 Å². The van der Waals surface area contributed by atoms with E-state index in [-0.39, 0.29) is 60.1 Å². The van der Waals surface area contributed by atoms with Crippen molar-refractivity contribution in [1.29, 1.82) is 0 Å². The van der Waals surface area contributed by atoms with Crippen molar-refractivity contribution in [2.75, 3.05) is 13.1 Å². The molecule has 4 aliphatic heterocycles. The number of piperidine rings is 2. The number of nitrogens with zero attached hydrogens (tertiary/aromatic N) is 2. The summed E-state index contributed by atoms with van der Waals surface area (Å²) in [7, 11) is 0. The van der Waals surface area contributed by atoms with Crippen molar-refractivity contribution in [2.24, 2.45) is 23.7 Å². The third kappa shape index (κ3) is 21.2. The highest BCUT2D eigenvalue weighted by molar-refractivity contribution is 5.99. The number of rotatable bonds is 20. The number of hydroxylamine groups is 2. The number of hydrogen-bond acceptors (Lipinski definition) is 12. The van der Waals surface area contributed by atoms with Gasteiger partial charge in [0.2, 0.25) is 59.1 Å². The number of nitrogens with one attached hydrogen (secondary N) is 8. The third-order valence-corrected chi connectivity index (χ3v) is 17.0. The molecule has 10 amide bonds. The molecule has 4 heterocycles. The Labute approximate surface area is 474 Å². The quantitative estimate of drug-likeness (QED) is 0.0454. The van der Waals surface area contributed by atoms with Crippen molar-refractivity contribution in [3.05, 3.63) is 0 Å². The number of unbranched alkanes of at least 4 members (excludes halogenated alkanes) is 4. The smallest absolute Gasteiger partial charge is 0.245 e. The molecule has 10 N–H and O–H groups in total. The second kappa shape index (κ2) is 34.2. The van der Waals surface area contributed by atoms with Gasteiger partial charge in [-0.15, -0.1) is 0 Å². The van der Waals surface area contributed by atoms with Crippen LogP contribution in [0, 0.1) is 23.7 Å². The highest BCUT2D eigenvalue weighted by Crippen LogP contribution is 2.30. The molecule has 22 nitrogen and oxygen atoms in total. The summed E-state index contributed by atoms with van der Waals surface area (Å²) in [6, 6.07) is -6.17. The van der Waals surface area contributed by atoms with Gasteiger partial charge in [-0.1, -0.05) is 118 Å². The highest BCUT2D eigenvalue weighted by Gasteiger charge is 2.42. The summed E-state index contributed by atoms with van der Waals surface area (Å²) >= 11 is 0. The minimum atomic E-state index is -0.856. The van der Waals surface area contributed by atoms with Gasteiger partial charge in [-0.25, -0.2) is 11.0 Å². The van der Waals surface area contributed by atoms with Gasteiger partial charge < -0.3 is 41.7 Å². The Bertz CT molecular complexity index is 1920. The molecule has 8 atom stereocenters. The molecule has 80 heavy (non-hydrogen) atoms. The van der Waals surface area contributed by atoms with Gasteiger partial charge in [-0.3, -0.25) is 58.4 Å².